The monoisotopic (exact) mass is 557 g/mol. The number of anilines is 2. The van der Waals surface area contributed by atoms with Gasteiger partial charge in [-0.3, -0.25) is 14.5 Å². The third-order valence-electron chi connectivity index (χ3n) is 8.19. The summed E-state index contributed by atoms with van der Waals surface area (Å²) in [6.45, 7) is 9.75. The van der Waals surface area contributed by atoms with Crippen molar-refractivity contribution in [3.63, 3.8) is 0 Å². The van der Waals surface area contributed by atoms with Crippen LogP contribution in [0.25, 0.3) is 6.08 Å². The summed E-state index contributed by atoms with van der Waals surface area (Å²) in [5, 5.41) is 0. The van der Waals surface area contributed by atoms with E-state index >= 15 is 0 Å². The minimum Gasteiger partial charge on any atom is -0.449 e. The minimum absolute atomic E-state index is 0.0260. The van der Waals surface area contributed by atoms with E-state index in [9.17, 15) is 9.59 Å². The third-order valence-corrected chi connectivity index (χ3v) is 8.19. The summed E-state index contributed by atoms with van der Waals surface area (Å²) in [6.07, 6.45) is 1.75. The van der Waals surface area contributed by atoms with Gasteiger partial charge in [-0.1, -0.05) is 66.2 Å². The van der Waals surface area contributed by atoms with Crippen molar-refractivity contribution in [1.82, 2.24) is 4.90 Å². The number of piperazine rings is 1. The number of nitrogens with zero attached hydrogens (tertiary/aromatic N) is 3. The predicted octanol–water partition coefficient (Wildman–Crippen LogP) is 6.54. The summed E-state index contributed by atoms with van der Waals surface area (Å²) in [4.78, 5) is 32.9. The van der Waals surface area contributed by atoms with Gasteiger partial charge in [0.2, 0.25) is 0 Å². The second-order valence-electron chi connectivity index (χ2n) is 11.1. The lowest BCUT2D eigenvalue weighted by atomic mass is 10.1. The maximum Gasteiger partial charge on any atom is 0.294 e. The van der Waals surface area contributed by atoms with E-state index in [2.05, 4.69) is 43.0 Å². The van der Waals surface area contributed by atoms with Crippen LogP contribution in [0.1, 0.15) is 38.2 Å². The molecule has 0 radical (unpaired) electrons. The largest absolute Gasteiger partial charge is 0.449 e. The van der Waals surface area contributed by atoms with E-state index in [1.54, 1.807) is 11.0 Å². The van der Waals surface area contributed by atoms with Crippen molar-refractivity contribution < 1.29 is 14.3 Å². The van der Waals surface area contributed by atoms with Gasteiger partial charge in [-0.05, 0) is 79.4 Å². The van der Waals surface area contributed by atoms with E-state index in [1.807, 2.05) is 78.6 Å². The molecule has 0 spiro atoms. The Kier molecular flexibility index (Phi) is 7.53. The maximum atomic E-state index is 13.6. The van der Waals surface area contributed by atoms with Crippen molar-refractivity contribution in [2.75, 3.05) is 36.0 Å². The number of aryl methyl sites for hydroxylation is 2. The number of carbonyl (C=O) groups is 2. The molecule has 42 heavy (non-hydrogen) atoms. The van der Waals surface area contributed by atoms with E-state index in [1.165, 1.54) is 16.8 Å². The first kappa shape index (κ1) is 27.3. The Labute approximate surface area is 247 Å². The van der Waals surface area contributed by atoms with Crippen LogP contribution in [0.15, 0.2) is 96.8 Å². The standard InChI is InChI=1S/C36H35N3O3/c1-25-8-6-10-29(22-25)24-39-32-11-4-5-13-33(32)42-34(36(39)41)23-28-14-16-30(17-15-28)35(40)38-20-18-37(19-21-38)31-12-7-9-26(2)27(31)3/h4-17,22-23H,18-21,24H2,1-3H3/b34-23+. The Morgan fingerprint density at radius 3 is 2.29 bits per heavy atom. The molecule has 0 unspecified atom stereocenters. The van der Waals surface area contributed by atoms with Crippen LogP contribution in [-0.2, 0) is 11.3 Å². The molecule has 0 N–H and O–H groups in total. The normalized spacial score (nSPS) is 15.9. The number of hydrogen-bond acceptors (Lipinski definition) is 4. The summed E-state index contributed by atoms with van der Waals surface area (Å²) >= 11 is 0. The number of amides is 2. The SMILES string of the molecule is Cc1cccc(CN2C(=O)/C(=C\c3ccc(C(=O)N4CCN(c5cccc(C)c5C)CC4)cc3)Oc3ccccc32)c1. The molecule has 6 heteroatoms. The number of hydrogen-bond donors (Lipinski definition) is 0. The van der Waals surface area contributed by atoms with Crippen molar-refractivity contribution in [1.29, 1.82) is 0 Å². The second-order valence-corrected chi connectivity index (χ2v) is 11.1. The molecule has 0 atom stereocenters. The molecule has 1 saturated heterocycles. The summed E-state index contributed by atoms with van der Waals surface area (Å²) in [6, 6.07) is 29.6. The topological polar surface area (TPSA) is 53.1 Å². The molecule has 1 fully saturated rings. The molecule has 2 heterocycles. The molecule has 0 saturated carbocycles. The number of benzene rings is 4. The molecule has 2 amide bonds. The molecule has 0 aromatic heterocycles. The van der Waals surface area contributed by atoms with Crippen molar-refractivity contribution in [2.45, 2.75) is 27.3 Å². The smallest absolute Gasteiger partial charge is 0.294 e. The molecule has 4 aromatic rings. The fourth-order valence-electron chi connectivity index (χ4n) is 5.70. The van der Waals surface area contributed by atoms with E-state index in [-0.39, 0.29) is 17.6 Å². The number of para-hydroxylation sites is 2. The fourth-order valence-corrected chi connectivity index (χ4v) is 5.70. The number of fused-ring (bicyclic) bond motifs is 1. The van der Waals surface area contributed by atoms with Gasteiger partial charge in [0.15, 0.2) is 11.5 Å². The Balaban J connectivity index is 1.16. The molecule has 0 bridgehead atoms. The zero-order chi connectivity index (χ0) is 29.2. The van der Waals surface area contributed by atoms with E-state index < -0.39 is 0 Å². The zero-order valence-corrected chi connectivity index (χ0v) is 24.3. The minimum atomic E-state index is -0.197. The van der Waals surface area contributed by atoms with E-state index in [0.717, 1.165) is 35.5 Å². The summed E-state index contributed by atoms with van der Waals surface area (Å²) < 4.78 is 6.06. The van der Waals surface area contributed by atoms with Crippen molar-refractivity contribution in [3.8, 4) is 5.75 Å². The third kappa shape index (κ3) is 5.53. The predicted molar refractivity (Wildman–Crippen MR) is 168 cm³/mol. The Hall–Kier alpha value is -4.84. The lowest BCUT2D eigenvalue weighted by Gasteiger charge is -2.37. The molecule has 212 valence electrons. The molecule has 2 aliphatic heterocycles. The van der Waals surface area contributed by atoms with Gasteiger partial charge in [0.25, 0.3) is 11.8 Å². The second kappa shape index (κ2) is 11.6. The highest BCUT2D eigenvalue weighted by Gasteiger charge is 2.30. The van der Waals surface area contributed by atoms with Crippen LogP contribution >= 0.6 is 0 Å². The fraction of sp³-hybridized carbons (Fsp3) is 0.222. The molecule has 6 nitrogen and oxygen atoms in total. The molecule has 0 aliphatic carbocycles. The van der Waals surface area contributed by atoms with Crippen LogP contribution in [0, 0.1) is 20.8 Å². The Bertz CT molecular complexity index is 1670. The molecule has 2 aliphatic rings. The first-order chi connectivity index (χ1) is 20.4. The highest BCUT2D eigenvalue weighted by molar-refractivity contribution is 6.09. The van der Waals surface area contributed by atoms with Gasteiger partial charge in [-0.25, -0.2) is 0 Å². The first-order valence-electron chi connectivity index (χ1n) is 14.4. The maximum absolute atomic E-state index is 13.6. The van der Waals surface area contributed by atoms with Crippen molar-refractivity contribution in [3.05, 3.63) is 130 Å². The molecule has 6 rings (SSSR count). The van der Waals surface area contributed by atoms with Gasteiger partial charge in [0.05, 0.1) is 12.2 Å². The van der Waals surface area contributed by atoms with Crippen molar-refractivity contribution >= 4 is 29.3 Å². The number of ether oxygens (including phenoxy) is 1. The lowest BCUT2D eigenvalue weighted by molar-refractivity contribution is -0.117. The highest BCUT2D eigenvalue weighted by atomic mass is 16.5. The van der Waals surface area contributed by atoms with Crippen LogP contribution in [-0.4, -0.2) is 42.9 Å². The Morgan fingerprint density at radius 1 is 0.810 bits per heavy atom. The van der Waals surface area contributed by atoms with Crippen LogP contribution in [0.3, 0.4) is 0 Å². The molecular formula is C36H35N3O3. The van der Waals surface area contributed by atoms with Gasteiger partial charge >= 0.3 is 0 Å². The van der Waals surface area contributed by atoms with Crippen LogP contribution in [0.5, 0.6) is 5.75 Å². The number of carbonyl (C=O) groups excluding carboxylic acids is 2. The average Bonchev–Trinajstić information content (AvgIpc) is 3.01. The van der Waals surface area contributed by atoms with E-state index in [0.29, 0.717) is 30.9 Å². The van der Waals surface area contributed by atoms with Crippen molar-refractivity contribution in [2.24, 2.45) is 0 Å². The average molecular weight is 558 g/mol. The van der Waals surface area contributed by atoms with Gasteiger partial charge < -0.3 is 14.5 Å². The summed E-state index contributed by atoms with van der Waals surface area (Å²) in [7, 11) is 0. The van der Waals surface area contributed by atoms with Gasteiger partial charge in [-0.15, -0.1) is 0 Å². The van der Waals surface area contributed by atoms with E-state index in [4.69, 9.17) is 4.74 Å². The Morgan fingerprint density at radius 2 is 1.52 bits per heavy atom. The van der Waals surface area contributed by atoms with Gasteiger partial charge in [-0.2, -0.15) is 0 Å². The first-order valence-corrected chi connectivity index (χ1v) is 14.4. The van der Waals surface area contributed by atoms with Gasteiger partial charge in [0.1, 0.15) is 0 Å². The highest BCUT2D eigenvalue weighted by Crippen LogP contribution is 2.36. The van der Waals surface area contributed by atoms with Crippen LogP contribution in [0.2, 0.25) is 0 Å². The molecular weight excluding hydrogens is 522 g/mol. The summed E-state index contributed by atoms with van der Waals surface area (Å²) in [5.41, 5.74) is 8.21. The molecule has 4 aromatic carbocycles. The lowest BCUT2D eigenvalue weighted by Crippen LogP contribution is -2.49. The van der Waals surface area contributed by atoms with Crippen LogP contribution in [0.4, 0.5) is 11.4 Å². The summed E-state index contributed by atoms with van der Waals surface area (Å²) in [5.74, 6) is 0.723. The number of rotatable bonds is 5. The zero-order valence-electron chi connectivity index (χ0n) is 24.3. The quantitative estimate of drug-likeness (QED) is 0.262. The van der Waals surface area contributed by atoms with Gasteiger partial charge in [0, 0.05) is 37.4 Å². The van der Waals surface area contributed by atoms with Crippen LogP contribution < -0.4 is 14.5 Å².